The molecule has 0 unspecified atom stereocenters. The molecular weight excluding hydrogens is 475 g/mol. The highest BCUT2D eigenvalue weighted by atomic mass is 79.9. The predicted octanol–water partition coefficient (Wildman–Crippen LogP) is 4.47. The summed E-state index contributed by atoms with van der Waals surface area (Å²) >= 11 is 3.38. The standard InChI is InChI=1S/C23H20BrFN6O/c24-20-10-18-19(12-27-20)30-23(22(29-18)28-15-2-3-15)31-7-5-14(6-8-31)21(32)16-9-13(11-26)1-4-17(16)25/h1,4,9-10,12,14-15H,2-3,5-8H2,(H,28,29). The van der Waals surface area contributed by atoms with Gasteiger partial charge in [0.05, 0.1) is 28.9 Å². The van der Waals surface area contributed by atoms with Crippen LogP contribution < -0.4 is 10.2 Å². The summed E-state index contributed by atoms with van der Waals surface area (Å²) < 4.78 is 14.9. The van der Waals surface area contributed by atoms with Gasteiger partial charge in [-0.15, -0.1) is 0 Å². The third kappa shape index (κ3) is 4.15. The number of nitriles is 1. The molecule has 2 fully saturated rings. The lowest BCUT2D eigenvalue weighted by Crippen LogP contribution is -2.37. The van der Waals surface area contributed by atoms with Crippen molar-refractivity contribution in [3.63, 3.8) is 0 Å². The smallest absolute Gasteiger partial charge is 0.172 e. The highest BCUT2D eigenvalue weighted by molar-refractivity contribution is 9.10. The van der Waals surface area contributed by atoms with Gasteiger partial charge in [0, 0.05) is 25.0 Å². The van der Waals surface area contributed by atoms with Crippen molar-refractivity contribution < 1.29 is 9.18 Å². The van der Waals surface area contributed by atoms with Gasteiger partial charge in [-0.2, -0.15) is 5.26 Å². The second kappa shape index (κ2) is 8.43. The number of anilines is 2. The molecule has 1 aliphatic heterocycles. The maximum absolute atomic E-state index is 14.2. The van der Waals surface area contributed by atoms with Gasteiger partial charge in [0.1, 0.15) is 15.9 Å². The van der Waals surface area contributed by atoms with Crippen LogP contribution in [0.5, 0.6) is 0 Å². The van der Waals surface area contributed by atoms with E-state index in [0.717, 1.165) is 30.0 Å². The maximum atomic E-state index is 14.2. The second-order valence-corrected chi connectivity index (χ2v) is 9.05. The molecule has 1 saturated heterocycles. The van der Waals surface area contributed by atoms with E-state index < -0.39 is 5.82 Å². The number of pyridine rings is 1. The van der Waals surface area contributed by atoms with Crippen LogP contribution in [0.15, 0.2) is 35.1 Å². The van der Waals surface area contributed by atoms with Gasteiger partial charge < -0.3 is 10.2 Å². The lowest BCUT2D eigenvalue weighted by Gasteiger charge is -2.33. The van der Waals surface area contributed by atoms with Crippen molar-refractivity contribution in [3.05, 3.63) is 52.0 Å². The van der Waals surface area contributed by atoms with Gasteiger partial charge in [-0.1, -0.05) is 0 Å². The fraction of sp³-hybridized carbons (Fsp3) is 0.348. The van der Waals surface area contributed by atoms with E-state index in [2.05, 4.69) is 31.1 Å². The first kappa shape index (κ1) is 20.8. The number of benzene rings is 1. The van der Waals surface area contributed by atoms with E-state index in [1.807, 2.05) is 12.1 Å². The summed E-state index contributed by atoms with van der Waals surface area (Å²) in [6, 6.07) is 8.15. The SMILES string of the molecule is N#Cc1ccc(F)c(C(=O)C2CCN(c3nc4cnc(Br)cc4nc3NC3CC3)CC2)c1. The molecule has 1 saturated carbocycles. The Morgan fingerprint density at radius 3 is 2.66 bits per heavy atom. The molecule has 32 heavy (non-hydrogen) atoms. The zero-order valence-corrected chi connectivity index (χ0v) is 18.8. The third-order valence-electron chi connectivity index (χ3n) is 5.94. The number of rotatable bonds is 5. The van der Waals surface area contributed by atoms with Gasteiger partial charge in [0.25, 0.3) is 0 Å². The molecule has 1 aliphatic carbocycles. The van der Waals surface area contributed by atoms with Crippen LogP contribution in [-0.4, -0.2) is 39.9 Å². The number of fused-ring (bicyclic) bond motifs is 1. The lowest BCUT2D eigenvalue weighted by molar-refractivity contribution is 0.0896. The minimum Gasteiger partial charge on any atom is -0.364 e. The van der Waals surface area contributed by atoms with E-state index in [9.17, 15) is 9.18 Å². The molecule has 0 amide bonds. The van der Waals surface area contributed by atoms with Crippen LogP contribution in [0.25, 0.3) is 11.0 Å². The Bertz CT molecular complexity index is 1250. The highest BCUT2D eigenvalue weighted by Crippen LogP contribution is 2.34. The summed E-state index contributed by atoms with van der Waals surface area (Å²) in [5, 5.41) is 12.5. The number of hydrogen-bond acceptors (Lipinski definition) is 7. The molecule has 2 aliphatic rings. The van der Waals surface area contributed by atoms with Crippen LogP contribution >= 0.6 is 15.9 Å². The first-order chi connectivity index (χ1) is 15.5. The Morgan fingerprint density at radius 2 is 1.94 bits per heavy atom. The molecule has 1 N–H and O–H groups in total. The largest absolute Gasteiger partial charge is 0.364 e. The monoisotopic (exact) mass is 494 g/mol. The maximum Gasteiger partial charge on any atom is 0.172 e. The normalized spacial score (nSPS) is 16.7. The summed E-state index contributed by atoms with van der Waals surface area (Å²) in [5.74, 6) is 0.397. The Balaban J connectivity index is 1.37. The van der Waals surface area contributed by atoms with Gasteiger partial charge in [0.15, 0.2) is 17.4 Å². The Hall–Kier alpha value is -3.12. The molecule has 0 radical (unpaired) electrons. The number of Topliss-reactive ketones (excluding diaryl/α,β-unsaturated/α-hetero) is 1. The number of aromatic nitrogens is 3. The first-order valence-corrected chi connectivity index (χ1v) is 11.4. The Kier molecular flexibility index (Phi) is 5.47. The van der Waals surface area contributed by atoms with Crippen molar-refractivity contribution in [1.29, 1.82) is 5.26 Å². The summed E-state index contributed by atoms with van der Waals surface area (Å²) in [4.78, 5) is 28.9. The molecule has 0 spiro atoms. The summed E-state index contributed by atoms with van der Waals surface area (Å²) in [7, 11) is 0. The molecule has 2 aromatic heterocycles. The Labute approximate surface area is 192 Å². The fourth-order valence-electron chi connectivity index (χ4n) is 4.02. The molecule has 3 heterocycles. The van der Waals surface area contributed by atoms with Crippen LogP contribution in [0.3, 0.4) is 0 Å². The number of nitrogens with zero attached hydrogens (tertiary/aromatic N) is 5. The van der Waals surface area contributed by atoms with Crippen LogP contribution in [0.1, 0.15) is 41.6 Å². The predicted molar refractivity (Wildman–Crippen MR) is 122 cm³/mol. The minimum atomic E-state index is -0.577. The van der Waals surface area contributed by atoms with Crippen molar-refractivity contribution in [2.45, 2.75) is 31.7 Å². The highest BCUT2D eigenvalue weighted by Gasteiger charge is 2.31. The van der Waals surface area contributed by atoms with Crippen LogP contribution in [0, 0.1) is 23.1 Å². The summed E-state index contributed by atoms with van der Waals surface area (Å²) in [6.45, 7) is 1.22. The molecular formula is C23H20BrFN6O. The van der Waals surface area contributed by atoms with E-state index in [-0.39, 0.29) is 22.8 Å². The number of carbonyl (C=O) groups is 1. The molecule has 162 valence electrons. The van der Waals surface area contributed by atoms with Crippen LogP contribution in [0.2, 0.25) is 0 Å². The van der Waals surface area contributed by atoms with Gasteiger partial charge in [0.2, 0.25) is 0 Å². The van der Waals surface area contributed by atoms with Crippen molar-refractivity contribution in [2.75, 3.05) is 23.3 Å². The first-order valence-electron chi connectivity index (χ1n) is 10.6. The number of carbonyl (C=O) groups excluding carboxylic acids is 1. The average molecular weight is 495 g/mol. The minimum absolute atomic E-state index is 0.000683. The second-order valence-electron chi connectivity index (χ2n) is 8.24. The topological polar surface area (TPSA) is 94.8 Å². The van der Waals surface area contributed by atoms with Crippen molar-refractivity contribution in [3.8, 4) is 6.07 Å². The molecule has 5 rings (SSSR count). The van der Waals surface area contributed by atoms with Crippen molar-refractivity contribution in [1.82, 2.24) is 15.0 Å². The van der Waals surface area contributed by atoms with E-state index in [4.69, 9.17) is 15.2 Å². The summed E-state index contributed by atoms with van der Waals surface area (Å²) in [5.41, 5.74) is 1.75. The Morgan fingerprint density at radius 1 is 1.16 bits per heavy atom. The molecule has 7 nitrogen and oxygen atoms in total. The van der Waals surface area contributed by atoms with Crippen LogP contribution in [0.4, 0.5) is 16.0 Å². The quantitative estimate of drug-likeness (QED) is 0.412. The van der Waals surface area contributed by atoms with Gasteiger partial charge >= 0.3 is 0 Å². The number of halogens is 2. The molecule has 0 atom stereocenters. The van der Waals surface area contributed by atoms with Crippen molar-refractivity contribution in [2.24, 2.45) is 5.92 Å². The lowest BCUT2D eigenvalue weighted by atomic mass is 9.88. The number of piperidine rings is 1. The van der Waals surface area contributed by atoms with Crippen LogP contribution in [-0.2, 0) is 0 Å². The molecule has 1 aromatic carbocycles. The number of nitrogens with one attached hydrogen (secondary N) is 1. The van der Waals surface area contributed by atoms with E-state index in [1.54, 1.807) is 6.20 Å². The number of ketones is 1. The average Bonchev–Trinajstić information content (AvgIpc) is 3.63. The van der Waals surface area contributed by atoms with E-state index in [0.29, 0.717) is 42.1 Å². The molecule has 0 bridgehead atoms. The van der Waals surface area contributed by atoms with Gasteiger partial charge in [-0.05, 0) is 65.9 Å². The van der Waals surface area contributed by atoms with E-state index >= 15 is 0 Å². The number of hydrogen-bond donors (Lipinski definition) is 1. The van der Waals surface area contributed by atoms with Gasteiger partial charge in [-0.25, -0.2) is 19.3 Å². The third-order valence-corrected chi connectivity index (χ3v) is 6.38. The molecule has 3 aromatic rings. The molecule has 9 heteroatoms. The summed E-state index contributed by atoms with van der Waals surface area (Å²) in [6.07, 6.45) is 5.08. The van der Waals surface area contributed by atoms with E-state index in [1.165, 1.54) is 18.2 Å². The zero-order chi connectivity index (χ0) is 22.2. The van der Waals surface area contributed by atoms with Gasteiger partial charge in [-0.3, -0.25) is 4.79 Å². The van der Waals surface area contributed by atoms with Crippen molar-refractivity contribution >= 4 is 44.4 Å². The zero-order valence-electron chi connectivity index (χ0n) is 17.2. The fourth-order valence-corrected chi connectivity index (χ4v) is 4.34.